The predicted octanol–water partition coefficient (Wildman–Crippen LogP) is 3.62. The maximum absolute atomic E-state index is 14.4. The van der Waals surface area contributed by atoms with Crippen molar-refractivity contribution in [1.82, 2.24) is 25.2 Å². The number of pyridine rings is 1. The number of aromatic nitrogens is 5. The molecule has 1 saturated heterocycles. The molecular formula is C23H19F2N7O. The van der Waals surface area contributed by atoms with Gasteiger partial charge in [0.05, 0.1) is 11.0 Å². The molecule has 8 nitrogen and oxygen atoms in total. The number of anilines is 2. The fourth-order valence-corrected chi connectivity index (χ4v) is 3.84. The average molecular weight is 447 g/mol. The lowest BCUT2D eigenvalue weighted by molar-refractivity contribution is -0.132. The highest BCUT2D eigenvalue weighted by Gasteiger charge is 2.44. The second-order valence-electron chi connectivity index (χ2n) is 8.47. The molecule has 0 aliphatic carbocycles. The van der Waals surface area contributed by atoms with Crippen molar-refractivity contribution in [2.24, 2.45) is 5.41 Å². The van der Waals surface area contributed by atoms with E-state index in [1.165, 1.54) is 12.1 Å². The van der Waals surface area contributed by atoms with E-state index in [1.807, 2.05) is 38.1 Å². The summed E-state index contributed by atoms with van der Waals surface area (Å²) in [6.07, 6.45) is 1.60. The minimum Gasteiger partial charge on any atom is -0.383 e. The van der Waals surface area contributed by atoms with E-state index in [2.05, 4.69) is 20.5 Å². The van der Waals surface area contributed by atoms with E-state index in [0.717, 1.165) is 27.6 Å². The van der Waals surface area contributed by atoms with Crippen LogP contribution in [-0.2, 0) is 4.79 Å². The highest BCUT2D eigenvalue weighted by Crippen LogP contribution is 2.36. The van der Waals surface area contributed by atoms with Gasteiger partial charge in [0.2, 0.25) is 5.91 Å². The van der Waals surface area contributed by atoms with Crippen molar-refractivity contribution in [2.75, 3.05) is 17.2 Å². The number of nitrogen functional groups attached to an aromatic ring is 1. The van der Waals surface area contributed by atoms with E-state index in [0.29, 0.717) is 12.1 Å². The van der Waals surface area contributed by atoms with Gasteiger partial charge in [0, 0.05) is 24.0 Å². The summed E-state index contributed by atoms with van der Waals surface area (Å²) in [4.78, 5) is 18.2. The molecule has 1 aliphatic heterocycles. The molecule has 33 heavy (non-hydrogen) atoms. The van der Waals surface area contributed by atoms with Crippen molar-refractivity contribution in [1.29, 1.82) is 0 Å². The second kappa shape index (κ2) is 7.44. The molecule has 4 aromatic rings. The van der Waals surface area contributed by atoms with E-state index < -0.39 is 11.6 Å². The summed E-state index contributed by atoms with van der Waals surface area (Å²) in [7, 11) is 0. The number of carbonyl (C=O) groups is 1. The molecule has 0 radical (unpaired) electrons. The summed E-state index contributed by atoms with van der Waals surface area (Å²) in [5, 5.41) is 11.4. The molecule has 2 aromatic heterocycles. The molecule has 0 saturated carbocycles. The zero-order valence-corrected chi connectivity index (χ0v) is 17.8. The van der Waals surface area contributed by atoms with Gasteiger partial charge >= 0.3 is 0 Å². The van der Waals surface area contributed by atoms with Crippen LogP contribution in [-0.4, -0.2) is 37.6 Å². The SMILES string of the molecule is CC1(C)CN(c2ccc(-c3cnc(N)c(-c4nnnn4-c4cccc(F)c4F)c3)cc2)C1=O. The van der Waals surface area contributed by atoms with Gasteiger partial charge in [-0.15, -0.1) is 5.10 Å². The average Bonchev–Trinajstić information content (AvgIpc) is 3.29. The Morgan fingerprint density at radius 2 is 1.82 bits per heavy atom. The van der Waals surface area contributed by atoms with Crippen molar-refractivity contribution >= 4 is 17.4 Å². The number of tetrazole rings is 1. The molecule has 1 aliphatic rings. The van der Waals surface area contributed by atoms with E-state index >= 15 is 0 Å². The fourth-order valence-electron chi connectivity index (χ4n) is 3.84. The number of hydrogen-bond donors (Lipinski definition) is 1. The standard InChI is InChI=1S/C23H19F2N7O/c1-23(2)12-31(22(23)33)15-8-6-13(7-9-15)14-10-16(20(26)27-11-14)21-28-29-30-32(21)18-5-3-4-17(24)19(18)25/h3-11H,12H2,1-2H3,(H2,26,27). The van der Waals surface area contributed by atoms with E-state index in [-0.39, 0.29) is 28.7 Å². The number of rotatable bonds is 4. The number of nitrogens with two attached hydrogens (primary N) is 1. The summed E-state index contributed by atoms with van der Waals surface area (Å²) in [5.74, 6) is -1.75. The Balaban J connectivity index is 1.50. The summed E-state index contributed by atoms with van der Waals surface area (Å²) < 4.78 is 29.2. The van der Waals surface area contributed by atoms with Gasteiger partial charge in [-0.25, -0.2) is 13.8 Å². The van der Waals surface area contributed by atoms with Crippen molar-refractivity contribution in [3.63, 3.8) is 0 Å². The molecular weight excluding hydrogens is 428 g/mol. The zero-order valence-electron chi connectivity index (χ0n) is 17.8. The second-order valence-corrected chi connectivity index (χ2v) is 8.47. The van der Waals surface area contributed by atoms with Crippen LogP contribution >= 0.6 is 0 Å². The lowest BCUT2D eigenvalue weighted by atomic mass is 9.82. The molecule has 0 atom stereocenters. The minimum absolute atomic E-state index is 0.0862. The van der Waals surface area contributed by atoms with E-state index in [1.54, 1.807) is 17.2 Å². The maximum atomic E-state index is 14.4. The van der Waals surface area contributed by atoms with Crippen LogP contribution in [0, 0.1) is 17.0 Å². The van der Waals surface area contributed by atoms with Gasteiger partial charge in [-0.1, -0.05) is 18.2 Å². The largest absolute Gasteiger partial charge is 0.383 e. The molecule has 5 rings (SSSR count). The van der Waals surface area contributed by atoms with Crippen LogP contribution in [0.4, 0.5) is 20.3 Å². The first kappa shape index (κ1) is 20.7. The molecule has 0 spiro atoms. The number of carbonyl (C=O) groups excluding carboxylic acids is 1. The predicted molar refractivity (Wildman–Crippen MR) is 118 cm³/mol. The third kappa shape index (κ3) is 3.39. The first-order valence-electron chi connectivity index (χ1n) is 10.2. The third-order valence-electron chi connectivity index (χ3n) is 5.68. The Labute approximate surface area is 187 Å². The number of nitrogens with zero attached hydrogens (tertiary/aromatic N) is 6. The summed E-state index contributed by atoms with van der Waals surface area (Å²) in [5.41, 5.74) is 8.32. The molecule has 2 N–H and O–H groups in total. The Morgan fingerprint density at radius 3 is 2.52 bits per heavy atom. The van der Waals surface area contributed by atoms with Crippen LogP contribution in [0.3, 0.4) is 0 Å². The Hall–Kier alpha value is -4.21. The zero-order chi connectivity index (χ0) is 23.3. The highest BCUT2D eigenvalue weighted by atomic mass is 19.2. The first-order chi connectivity index (χ1) is 15.8. The van der Waals surface area contributed by atoms with Crippen LogP contribution in [0.25, 0.3) is 28.2 Å². The Morgan fingerprint density at radius 1 is 1.06 bits per heavy atom. The van der Waals surface area contributed by atoms with Crippen molar-refractivity contribution < 1.29 is 13.6 Å². The topological polar surface area (TPSA) is 103 Å². The van der Waals surface area contributed by atoms with Crippen molar-refractivity contribution in [3.8, 4) is 28.2 Å². The third-order valence-corrected chi connectivity index (χ3v) is 5.68. The van der Waals surface area contributed by atoms with Crippen LogP contribution in [0.5, 0.6) is 0 Å². The molecule has 1 fully saturated rings. The fraction of sp³-hybridized carbons (Fsp3) is 0.174. The van der Waals surface area contributed by atoms with Gasteiger partial charge in [0.25, 0.3) is 0 Å². The monoisotopic (exact) mass is 447 g/mol. The molecule has 10 heteroatoms. The smallest absolute Gasteiger partial charge is 0.234 e. The lowest BCUT2D eigenvalue weighted by Gasteiger charge is -2.44. The van der Waals surface area contributed by atoms with Crippen LogP contribution in [0.15, 0.2) is 54.7 Å². The number of halogens is 2. The van der Waals surface area contributed by atoms with Gasteiger partial charge in [-0.2, -0.15) is 4.68 Å². The van der Waals surface area contributed by atoms with Gasteiger partial charge in [0.1, 0.15) is 11.5 Å². The molecule has 3 heterocycles. The van der Waals surface area contributed by atoms with Crippen molar-refractivity contribution in [2.45, 2.75) is 13.8 Å². The van der Waals surface area contributed by atoms with Crippen LogP contribution < -0.4 is 10.6 Å². The summed E-state index contributed by atoms with van der Waals surface area (Å²) >= 11 is 0. The lowest BCUT2D eigenvalue weighted by Crippen LogP contribution is -2.58. The van der Waals surface area contributed by atoms with Gasteiger partial charge in [0.15, 0.2) is 17.5 Å². The maximum Gasteiger partial charge on any atom is 0.234 e. The molecule has 0 bridgehead atoms. The van der Waals surface area contributed by atoms with Crippen LogP contribution in [0.2, 0.25) is 0 Å². The minimum atomic E-state index is -1.08. The van der Waals surface area contributed by atoms with E-state index in [4.69, 9.17) is 5.73 Å². The number of β-lactam (4-membered cyclic amide) rings is 1. The molecule has 1 amide bonds. The van der Waals surface area contributed by atoms with E-state index in [9.17, 15) is 13.6 Å². The number of amides is 1. The highest BCUT2D eigenvalue weighted by molar-refractivity contribution is 6.04. The quantitative estimate of drug-likeness (QED) is 0.480. The Kier molecular flexibility index (Phi) is 4.66. The summed E-state index contributed by atoms with van der Waals surface area (Å²) in [6.45, 7) is 4.51. The van der Waals surface area contributed by atoms with Gasteiger partial charge < -0.3 is 10.6 Å². The molecule has 2 aromatic carbocycles. The summed E-state index contributed by atoms with van der Waals surface area (Å²) in [6, 6.07) is 13.0. The Bertz CT molecular complexity index is 1380. The van der Waals surface area contributed by atoms with Crippen molar-refractivity contribution in [3.05, 3.63) is 66.4 Å². The molecule has 0 unspecified atom stereocenters. The number of benzene rings is 2. The van der Waals surface area contributed by atoms with Gasteiger partial charge in [-0.05, 0) is 60.2 Å². The molecule has 166 valence electrons. The first-order valence-corrected chi connectivity index (χ1v) is 10.2. The number of hydrogen-bond acceptors (Lipinski definition) is 6. The normalized spacial score (nSPS) is 14.9. The van der Waals surface area contributed by atoms with Crippen LogP contribution in [0.1, 0.15) is 13.8 Å². The van der Waals surface area contributed by atoms with Gasteiger partial charge in [-0.3, -0.25) is 4.79 Å².